The number of aryl methyl sites for hydroxylation is 1. The first-order valence-corrected chi connectivity index (χ1v) is 6.77. The molecule has 2 N–H and O–H groups in total. The second-order valence-electron chi connectivity index (χ2n) is 4.73. The summed E-state index contributed by atoms with van der Waals surface area (Å²) in [7, 11) is 5.34. The normalized spacial score (nSPS) is 12.1. The van der Waals surface area contributed by atoms with Crippen LogP contribution in [0.25, 0.3) is 0 Å². The lowest BCUT2D eigenvalue weighted by atomic mass is 10.1. The van der Waals surface area contributed by atoms with Crippen molar-refractivity contribution in [3.05, 3.63) is 17.7 Å². The zero-order valence-electron chi connectivity index (χ0n) is 12.7. The van der Waals surface area contributed by atoms with E-state index in [1.54, 1.807) is 14.2 Å². The molecular weight excluding hydrogens is 240 g/mol. The molecule has 0 aliphatic heterocycles. The quantitative estimate of drug-likeness (QED) is 0.759. The minimum Gasteiger partial charge on any atom is -0.497 e. The zero-order valence-corrected chi connectivity index (χ0v) is 12.7. The third-order valence-corrected chi connectivity index (χ3v) is 3.37. The molecule has 19 heavy (non-hydrogen) atoms. The third kappa shape index (κ3) is 4.31. The van der Waals surface area contributed by atoms with Gasteiger partial charge in [-0.05, 0) is 38.1 Å². The molecule has 0 bridgehead atoms. The summed E-state index contributed by atoms with van der Waals surface area (Å²) in [5.74, 6) is 2.26. The molecule has 1 rings (SSSR count). The molecule has 1 aromatic rings. The van der Waals surface area contributed by atoms with Gasteiger partial charge in [-0.1, -0.05) is 13.3 Å². The lowest BCUT2D eigenvalue weighted by Gasteiger charge is -2.19. The Kier molecular flexibility index (Phi) is 6.50. The standard InChI is InChI=1S/C15H26N2O2/c1-6-12(9-16-3)10-17-15-11(2)7-13(18-4)8-14(15)19-5/h7-8,12,16-17H,6,9-10H2,1-5H3. The van der Waals surface area contributed by atoms with Crippen LogP contribution in [0.15, 0.2) is 12.1 Å². The second-order valence-corrected chi connectivity index (χ2v) is 4.73. The number of hydrogen-bond donors (Lipinski definition) is 2. The van der Waals surface area contributed by atoms with Gasteiger partial charge in [-0.15, -0.1) is 0 Å². The van der Waals surface area contributed by atoms with Crippen LogP contribution in [0.3, 0.4) is 0 Å². The molecule has 1 aromatic carbocycles. The average molecular weight is 266 g/mol. The van der Waals surface area contributed by atoms with Gasteiger partial charge >= 0.3 is 0 Å². The van der Waals surface area contributed by atoms with Crippen molar-refractivity contribution in [3.63, 3.8) is 0 Å². The molecule has 0 saturated heterocycles. The van der Waals surface area contributed by atoms with Crippen molar-refractivity contribution in [1.29, 1.82) is 0 Å². The number of hydrogen-bond acceptors (Lipinski definition) is 4. The molecule has 0 heterocycles. The SMILES string of the molecule is CCC(CNC)CNc1c(C)cc(OC)cc1OC. The van der Waals surface area contributed by atoms with E-state index in [0.717, 1.165) is 42.3 Å². The maximum Gasteiger partial charge on any atom is 0.145 e. The molecule has 4 heteroatoms. The second kappa shape index (κ2) is 7.89. The predicted octanol–water partition coefficient (Wildman–Crippen LogP) is 2.67. The van der Waals surface area contributed by atoms with Gasteiger partial charge in [-0.2, -0.15) is 0 Å². The van der Waals surface area contributed by atoms with Crippen molar-refractivity contribution in [3.8, 4) is 11.5 Å². The molecule has 4 nitrogen and oxygen atoms in total. The summed E-state index contributed by atoms with van der Waals surface area (Å²) in [6, 6.07) is 3.93. The molecular formula is C15H26N2O2. The van der Waals surface area contributed by atoms with E-state index in [9.17, 15) is 0 Å². The van der Waals surface area contributed by atoms with Gasteiger partial charge < -0.3 is 20.1 Å². The lowest BCUT2D eigenvalue weighted by molar-refractivity contribution is 0.394. The molecule has 0 radical (unpaired) electrons. The van der Waals surface area contributed by atoms with E-state index in [-0.39, 0.29) is 0 Å². The van der Waals surface area contributed by atoms with Crippen LogP contribution in [0, 0.1) is 12.8 Å². The number of ether oxygens (including phenoxy) is 2. The minimum absolute atomic E-state index is 0.608. The molecule has 0 aromatic heterocycles. The molecule has 0 spiro atoms. The van der Waals surface area contributed by atoms with Crippen LogP contribution >= 0.6 is 0 Å². The Morgan fingerprint density at radius 2 is 1.89 bits per heavy atom. The molecule has 1 atom stereocenters. The van der Waals surface area contributed by atoms with E-state index in [2.05, 4.69) is 24.5 Å². The molecule has 0 saturated carbocycles. The summed E-state index contributed by atoms with van der Waals surface area (Å²) in [6.07, 6.45) is 1.14. The van der Waals surface area contributed by atoms with Crippen LogP contribution in [0.1, 0.15) is 18.9 Å². The van der Waals surface area contributed by atoms with Crippen LogP contribution in [0.4, 0.5) is 5.69 Å². The maximum absolute atomic E-state index is 5.44. The smallest absolute Gasteiger partial charge is 0.145 e. The van der Waals surface area contributed by atoms with Crippen molar-refractivity contribution in [2.45, 2.75) is 20.3 Å². The van der Waals surface area contributed by atoms with E-state index in [1.807, 2.05) is 19.2 Å². The lowest BCUT2D eigenvalue weighted by Crippen LogP contribution is -2.25. The third-order valence-electron chi connectivity index (χ3n) is 3.37. The van der Waals surface area contributed by atoms with Crippen molar-refractivity contribution in [1.82, 2.24) is 5.32 Å². The van der Waals surface area contributed by atoms with Gasteiger partial charge in [0, 0.05) is 12.6 Å². The Bertz CT molecular complexity index is 394. The van der Waals surface area contributed by atoms with Crippen LogP contribution in [-0.4, -0.2) is 34.4 Å². The van der Waals surface area contributed by atoms with Gasteiger partial charge in [0.25, 0.3) is 0 Å². The number of rotatable bonds is 8. The summed E-state index contributed by atoms with van der Waals surface area (Å²) in [4.78, 5) is 0. The van der Waals surface area contributed by atoms with Gasteiger partial charge in [-0.3, -0.25) is 0 Å². The summed E-state index contributed by atoms with van der Waals surface area (Å²) >= 11 is 0. The molecule has 0 aliphatic rings. The van der Waals surface area contributed by atoms with Gasteiger partial charge in [0.2, 0.25) is 0 Å². The molecule has 0 aliphatic carbocycles. The first-order chi connectivity index (χ1) is 9.15. The maximum atomic E-state index is 5.44. The summed E-state index contributed by atoms with van der Waals surface area (Å²) < 4.78 is 10.7. The zero-order chi connectivity index (χ0) is 14.3. The summed E-state index contributed by atoms with van der Waals surface area (Å²) in [6.45, 7) is 6.22. The Balaban J connectivity index is 2.82. The van der Waals surface area contributed by atoms with Crippen molar-refractivity contribution >= 4 is 5.69 Å². The highest BCUT2D eigenvalue weighted by atomic mass is 16.5. The monoisotopic (exact) mass is 266 g/mol. The highest BCUT2D eigenvalue weighted by Crippen LogP contribution is 2.33. The molecule has 108 valence electrons. The Morgan fingerprint density at radius 1 is 1.16 bits per heavy atom. The fraction of sp³-hybridized carbons (Fsp3) is 0.600. The Morgan fingerprint density at radius 3 is 2.42 bits per heavy atom. The summed E-state index contributed by atoms with van der Waals surface area (Å²) in [5.41, 5.74) is 2.19. The van der Waals surface area contributed by atoms with Crippen LogP contribution < -0.4 is 20.1 Å². The van der Waals surface area contributed by atoms with E-state index in [1.165, 1.54) is 0 Å². The van der Waals surface area contributed by atoms with Crippen molar-refractivity contribution in [2.24, 2.45) is 5.92 Å². The first-order valence-electron chi connectivity index (χ1n) is 6.77. The van der Waals surface area contributed by atoms with Gasteiger partial charge in [0.05, 0.1) is 19.9 Å². The fourth-order valence-corrected chi connectivity index (χ4v) is 2.12. The van der Waals surface area contributed by atoms with Crippen molar-refractivity contribution < 1.29 is 9.47 Å². The summed E-state index contributed by atoms with van der Waals surface area (Å²) in [5, 5.41) is 6.72. The molecule has 0 amide bonds. The Labute approximate surface area is 116 Å². The molecule has 1 unspecified atom stereocenters. The molecule has 0 fully saturated rings. The Hall–Kier alpha value is -1.42. The topological polar surface area (TPSA) is 42.5 Å². The van der Waals surface area contributed by atoms with E-state index in [0.29, 0.717) is 5.92 Å². The highest BCUT2D eigenvalue weighted by molar-refractivity contribution is 5.64. The van der Waals surface area contributed by atoms with Gasteiger partial charge in [-0.25, -0.2) is 0 Å². The predicted molar refractivity (Wildman–Crippen MR) is 80.5 cm³/mol. The van der Waals surface area contributed by atoms with Crippen LogP contribution in [-0.2, 0) is 0 Å². The number of benzene rings is 1. The highest BCUT2D eigenvalue weighted by Gasteiger charge is 2.11. The van der Waals surface area contributed by atoms with E-state index >= 15 is 0 Å². The minimum atomic E-state index is 0.608. The van der Waals surface area contributed by atoms with E-state index in [4.69, 9.17) is 9.47 Å². The number of anilines is 1. The van der Waals surface area contributed by atoms with Crippen LogP contribution in [0.2, 0.25) is 0 Å². The van der Waals surface area contributed by atoms with Crippen molar-refractivity contribution in [2.75, 3.05) is 39.7 Å². The van der Waals surface area contributed by atoms with E-state index < -0.39 is 0 Å². The van der Waals surface area contributed by atoms with Gasteiger partial charge in [0.15, 0.2) is 0 Å². The van der Waals surface area contributed by atoms with Gasteiger partial charge in [0.1, 0.15) is 11.5 Å². The number of nitrogens with one attached hydrogen (secondary N) is 2. The number of methoxy groups -OCH3 is 2. The first kappa shape index (κ1) is 15.6. The largest absolute Gasteiger partial charge is 0.497 e. The fourth-order valence-electron chi connectivity index (χ4n) is 2.12. The van der Waals surface area contributed by atoms with Crippen LogP contribution in [0.5, 0.6) is 11.5 Å². The average Bonchev–Trinajstić information content (AvgIpc) is 2.43.